The van der Waals surface area contributed by atoms with E-state index in [-0.39, 0.29) is 0 Å². The summed E-state index contributed by atoms with van der Waals surface area (Å²) in [5, 5.41) is 3.47. The monoisotopic (exact) mass is 324 g/mol. The largest absolute Gasteiger partial charge is 0.378 e. The number of guanidine groups is 1. The SMILES string of the molecule is CCNC(=NCCN1CCCCCC1)N1CCC(OCC)CC1. The summed E-state index contributed by atoms with van der Waals surface area (Å²) in [6.07, 6.45) is 8.18. The third kappa shape index (κ3) is 6.68. The normalized spacial score (nSPS) is 22.2. The lowest BCUT2D eigenvalue weighted by Gasteiger charge is -2.34. The van der Waals surface area contributed by atoms with Crippen LogP contribution in [-0.4, -0.2) is 74.3 Å². The topological polar surface area (TPSA) is 40.1 Å². The number of rotatable bonds is 6. The maximum atomic E-state index is 5.75. The third-order valence-electron chi connectivity index (χ3n) is 4.86. The Balaban J connectivity index is 1.77. The zero-order chi connectivity index (χ0) is 16.3. The summed E-state index contributed by atoms with van der Waals surface area (Å²) in [7, 11) is 0. The van der Waals surface area contributed by atoms with E-state index < -0.39 is 0 Å². The van der Waals surface area contributed by atoms with E-state index in [2.05, 4.69) is 29.0 Å². The molecule has 0 saturated carbocycles. The van der Waals surface area contributed by atoms with Gasteiger partial charge in [-0.05, 0) is 52.6 Å². The predicted octanol–water partition coefficient (Wildman–Crippen LogP) is 2.33. The molecular weight excluding hydrogens is 288 g/mol. The highest BCUT2D eigenvalue weighted by atomic mass is 16.5. The molecule has 0 amide bonds. The van der Waals surface area contributed by atoms with Crippen LogP contribution in [0.3, 0.4) is 0 Å². The molecule has 0 atom stereocenters. The van der Waals surface area contributed by atoms with Gasteiger partial charge in [-0.25, -0.2) is 0 Å². The lowest BCUT2D eigenvalue weighted by molar-refractivity contribution is 0.0263. The van der Waals surface area contributed by atoms with Gasteiger partial charge in [-0.2, -0.15) is 0 Å². The smallest absolute Gasteiger partial charge is 0.193 e. The number of piperidine rings is 1. The first-order valence-electron chi connectivity index (χ1n) is 9.70. The van der Waals surface area contributed by atoms with Crippen molar-refractivity contribution in [2.75, 3.05) is 52.4 Å². The number of nitrogens with zero attached hydrogens (tertiary/aromatic N) is 3. The van der Waals surface area contributed by atoms with Gasteiger partial charge >= 0.3 is 0 Å². The van der Waals surface area contributed by atoms with Gasteiger partial charge < -0.3 is 19.9 Å². The van der Waals surface area contributed by atoms with E-state index in [1.54, 1.807) is 0 Å². The number of ether oxygens (including phenoxy) is 1. The molecule has 2 aliphatic heterocycles. The molecule has 0 radical (unpaired) electrons. The van der Waals surface area contributed by atoms with Gasteiger partial charge in [0.2, 0.25) is 0 Å². The molecular formula is C18H36N4O. The summed E-state index contributed by atoms with van der Waals surface area (Å²) < 4.78 is 5.75. The van der Waals surface area contributed by atoms with Gasteiger partial charge in [-0.15, -0.1) is 0 Å². The molecule has 2 rings (SSSR count). The van der Waals surface area contributed by atoms with Gasteiger partial charge in [-0.3, -0.25) is 4.99 Å². The van der Waals surface area contributed by atoms with E-state index in [1.807, 2.05) is 0 Å². The molecule has 0 unspecified atom stereocenters. The summed E-state index contributed by atoms with van der Waals surface area (Å²) in [5.41, 5.74) is 0. The third-order valence-corrected chi connectivity index (χ3v) is 4.86. The Hall–Kier alpha value is -0.810. The number of hydrogen-bond acceptors (Lipinski definition) is 3. The van der Waals surface area contributed by atoms with Crippen LogP contribution in [0.2, 0.25) is 0 Å². The van der Waals surface area contributed by atoms with Crippen LogP contribution in [0.4, 0.5) is 0 Å². The van der Waals surface area contributed by atoms with Crippen molar-refractivity contribution in [1.82, 2.24) is 15.1 Å². The molecule has 1 N–H and O–H groups in total. The van der Waals surface area contributed by atoms with Crippen LogP contribution >= 0.6 is 0 Å². The van der Waals surface area contributed by atoms with E-state index >= 15 is 0 Å². The minimum Gasteiger partial charge on any atom is -0.378 e. The van der Waals surface area contributed by atoms with E-state index in [4.69, 9.17) is 9.73 Å². The maximum Gasteiger partial charge on any atom is 0.193 e. The Kier molecular flexibility index (Phi) is 8.76. The molecule has 0 aromatic rings. The zero-order valence-electron chi connectivity index (χ0n) is 15.2. The van der Waals surface area contributed by atoms with Crippen LogP contribution in [0, 0.1) is 0 Å². The molecule has 0 spiro atoms. The zero-order valence-corrected chi connectivity index (χ0v) is 15.2. The molecule has 2 aliphatic rings. The molecule has 0 aliphatic carbocycles. The average Bonchev–Trinajstić information content (AvgIpc) is 2.84. The Morgan fingerprint density at radius 3 is 2.35 bits per heavy atom. The Labute approximate surface area is 142 Å². The second kappa shape index (κ2) is 10.9. The molecule has 5 nitrogen and oxygen atoms in total. The van der Waals surface area contributed by atoms with Gasteiger partial charge in [-0.1, -0.05) is 12.8 Å². The maximum absolute atomic E-state index is 5.75. The summed E-state index contributed by atoms with van der Waals surface area (Å²) in [6, 6.07) is 0. The van der Waals surface area contributed by atoms with Crippen molar-refractivity contribution in [2.24, 2.45) is 4.99 Å². The molecule has 0 aromatic heterocycles. The van der Waals surface area contributed by atoms with Crippen LogP contribution in [0.1, 0.15) is 52.4 Å². The molecule has 134 valence electrons. The number of hydrogen-bond donors (Lipinski definition) is 1. The Morgan fingerprint density at radius 1 is 1.04 bits per heavy atom. The Morgan fingerprint density at radius 2 is 1.74 bits per heavy atom. The van der Waals surface area contributed by atoms with E-state index in [9.17, 15) is 0 Å². The lowest BCUT2D eigenvalue weighted by atomic mass is 10.1. The number of nitrogens with one attached hydrogen (secondary N) is 1. The van der Waals surface area contributed by atoms with Crippen LogP contribution < -0.4 is 5.32 Å². The fraction of sp³-hybridized carbons (Fsp3) is 0.944. The first kappa shape index (κ1) is 18.5. The van der Waals surface area contributed by atoms with Gasteiger partial charge in [0, 0.05) is 32.8 Å². The van der Waals surface area contributed by atoms with Gasteiger partial charge in [0.15, 0.2) is 5.96 Å². The predicted molar refractivity (Wildman–Crippen MR) is 97.1 cm³/mol. The molecule has 2 fully saturated rings. The highest BCUT2D eigenvalue weighted by Crippen LogP contribution is 2.14. The van der Waals surface area contributed by atoms with Crippen LogP contribution in [-0.2, 0) is 4.74 Å². The number of aliphatic imine (C=N–C) groups is 1. The first-order valence-corrected chi connectivity index (χ1v) is 9.70. The fourth-order valence-electron chi connectivity index (χ4n) is 3.55. The van der Waals surface area contributed by atoms with Gasteiger partial charge in [0.1, 0.15) is 0 Å². The summed E-state index contributed by atoms with van der Waals surface area (Å²) in [6.45, 7) is 12.6. The minimum atomic E-state index is 0.441. The number of likely N-dealkylation sites (tertiary alicyclic amines) is 2. The van der Waals surface area contributed by atoms with Crippen molar-refractivity contribution >= 4 is 5.96 Å². The molecule has 0 aromatic carbocycles. The van der Waals surface area contributed by atoms with Crippen molar-refractivity contribution in [3.05, 3.63) is 0 Å². The van der Waals surface area contributed by atoms with E-state index in [1.165, 1.54) is 38.8 Å². The second-order valence-corrected chi connectivity index (χ2v) is 6.63. The van der Waals surface area contributed by atoms with E-state index in [0.29, 0.717) is 6.10 Å². The van der Waals surface area contributed by atoms with Gasteiger partial charge in [0.05, 0.1) is 12.6 Å². The highest BCUT2D eigenvalue weighted by Gasteiger charge is 2.21. The van der Waals surface area contributed by atoms with Crippen LogP contribution in [0.25, 0.3) is 0 Å². The summed E-state index contributed by atoms with van der Waals surface area (Å²) in [5.74, 6) is 1.09. The van der Waals surface area contributed by atoms with Crippen LogP contribution in [0.15, 0.2) is 4.99 Å². The van der Waals surface area contributed by atoms with Crippen molar-refractivity contribution in [2.45, 2.75) is 58.5 Å². The fourth-order valence-corrected chi connectivity index (χ4v) is 3.55. The molecule has 2 saturated heterocycles. The summed E-state index contributed by atoms with van der Waals surface area (Å²) in [4.78, 5) is 9.87. The molecule has 23 heavy (non-hydrogen) atoms. The van der Waals surface area contributed by atoms with Crippen molar-refractivity contribution in [3.8, 4) is 0 Å². The van der Waals surface area contributed by atoms with E-state index in [0.717, 1.165) is 58.1 Å². The van der Waals surface area contributed by atoms with Crippen molar-refractivity contribution < 1.29 is 4.74 Å². The molecule has 0 bridgehead atoms. The van der Waals surface area contributed by atoms with Crippen molar-refractivity contribution in [1.29, 1.82) is 0 Å². The van der Waals surface area contributed by atoms with Crippen molar-refractivity contribution in [3.63, 3.8) is 0 Å². The second-order valence-electron chi connectivity index (χ2n) is 6.63. The lowest BCUT2D eigenvalue weighted by Crippen LogP contribution is -2.47. The average molecular weight is 325 g/mol. The summed E-state index contributed by atoms with van der Waals surface area (Å²) >= 11 is 0. The standard InChI is InChI=1S/C18H36N4O/c1-3-19-18(22-14-9-17(10-15-22)23-4-2)20-11-16-21-12-7-5-6-8-13-21/h17H,3-16H2,1-2H3,(H,19,20). The molecule has 5 heteroatoms. The highest BCUT2D eigenvalue weighted by molar-refractivity contribution is 5.80. The first-order chi connectivity index (χ1) is 11.3. The Bertz CT molecular complexity index is 332. The quantitative estimate of drug-likeness (QED) is 0.601. The minimum absolute atomic E-state index is 0.441. The van der Waals surface area contributed by atoms with Gasteiger partial charge in [0.25, 0.3) is 0 Å². The molecule has 2 heterocycles. The van der Waals surface area contributed by atoms with Crippen LogP contribution in [0.5, 0.6) is 0 Å².